The fourth-order valence-electron chi connectivity index (χ4n) is 2.45. The fourth-order valence-corrected chi connectivity index (χ4v) is 2.45. The van der Waals surface area contributed by atoms with Crippen molar-refractivity contribution in [3.63, 3.8) is 0 Å². The van der Waals surface area contributed by atoms with E-state index in [1.807, 2.05) is 26.8 Å². The van der Waals surface area contributed by atoms with Crippen molar-refractivity contribution in [2.24, 2.45) is 0 Å². The van der Waals surface area contributed by atoms with Crippen LogP contribution in [0.15, 0.2) is 12.1 Å². The molecule has 0 atom stereocenters. The van der Waals surface area contributed by atoms with Crippen LogP contribution in [0.25, 0.3) is 11.0 Å². The Morgan fingerprint density at radius 3 is 2.44 bits per heavy atom. The summed E-state index contributed by atoms with van der Waals surface area (Å²) in [4.78, 5) is 4.51. The number of hydrogen-bond acceptors (Lipinski definition) is 1. The second-order valence-corrected chi connectivity index (χ2v) is 4.70. The number of aromatic nitrogens is 2. The summed E-state index contributed by atoms with van der Waals surface area (Å²) in [6.07, 6.45) is 3.67. The van der Waals surface area contributed by atoms with E-state index in [0.717, 1.165) is 16.9 Å². The van der Waals surface area contributed by atoms with E-state index >= 15 is 0 Å². The zero-order valence-electron chi connectivity index (χ0n) is 11.6. The van der Waals surface area contributed by atoms with Crippen molar-refractivity contribution >= 4 is 11.0 Å². The van der Waals surface area contributed by atoms with E-state index in [2.05, 4.69) is 9.55 Å². The molecule has 3 heteroatoms. The van der Waals surface area contributed by atoms with E-state index in [-0.39, 0.29) is 5.82 Å². The molecule has 1 fully saturated rings. The maximum atomic E-state index is 13.6. The summed E-state index contributed by atoms with van der Waals surface area (Å²) in [5, 5.41) is 0. The number of benzene rings is 1. The van der Waals surface area contributed by atoms with E-state index in [4.69, 9.17) is 0 Å². The van der Waals surface area contributed by atoms with Crippen LogP contribution in [0.2, 0.25) is 0 Å². The third kappa shape index (κ3) is 2.02. The molecule has 18 heavy (non-hydrogen) atoms. The molecule has 0 saturated heterocycles. The van der Waals surface area contributed by atoms with Crippen LogP contribution >= 0.6 is 0 Å². The molecule has 0 bridgehead atoms. The summed E-state index contributed by atoms with van der Waals surface area (Å²) in [5.74, 6) is 0.873. The minimum Gasteiger partial charge on any atom is -0.325 e. The molecule has 1 aromatic heterocycles. The average molecular weight is 248 g/mol. The quantitative estimate of drug-likeness (QED) is 0.724. The highest BCUT2D eigenvalue weighted by Gasteiger charge is 2.23. The van der Waals surface area contributed by atoms with E-state index in [0.29, 0.717) is 11.6 Å². The molecule has 0 unspecified atom stereocenters. The molecular weight excluding hydrogens is 227 g/mol. The lowest BCUT2D eigenvalue weighted by Gasteiger charge is -2.28. The van der Waals surface area contributed by atoms with Crippen LogP contribution in [0.5, 0.6) is 0 Å². The molecule has 0 spiro atoms. The van der Waals surface area contributed by atoms with Crippen LogP contribution in [0.4, 0.5) is 4.39 Å². The topological polar surface area (TPSA) is 17.8 Å². The normalized spacial score (nSPS) is 15.2. The van der Waals surface area contributed by atoms with Gasteiger partial charge in [0.2, 0.25) is 0 Å². The van der Waals surface area contributed by atoms with Crippen LogP contribution in [0.1, 0.15) is 50.5 Å². The molecule has 1 aromatic carbocycles. The highest BCUT2D eigenvalue weighted by molar-refractivity contribution is 5.77. The Kier molecular flexibility index (Phi) is 3.69. The smallest absolute Gasteiger partial charge is 0.128 e. The summed E-state index contributed by atoms with van der Waals surface area (Å²) in [5.41, 5.74) is 2.54. The second kappa shape index (κ2) is 5.09. The maximum Gasteiger partial charge on any atom is 0.128 e. The van der Waals surface area contributed by atoms with Gasteiger partial charge in [0, 0.05) is 12.1 Å². The first kappa shape index (κ1) is 13.1. The van der Waals surface area contributed by atoms with Gasteiger partial charge in [0.05, 0.1) is 11.0 Å². The van der Waals surface area contributed by atoms with Crippen LogP contribution in [-0.4, -0.2) is 9.55 Å². The third-order valence-corrected chi connectivity index (χ3v) is 3.59. The van der Waals surface area contributed by atoms with E-state index in [9.17, 15) is 4.39 Å². The highest BCUT2D eigenvalue weighted by atomic mass is 19.1. The Morgan fingerprint density at radius 2 is 1.89 bits per heavy atom. The van der Waals surface area contributed by atoms with Gasteiger partial charge in [-0.1, -0.05) is 13.8 Å². The number of rotatable bonds is 1. The minimum absolute atomic E-state index is 0.132. The molecule has 3 rings (SSSR count). The Labute approximate surface area is 108 Å². The van der Waals surface area contributed by atoms with Crippen molar-refractivity contribution in [2.75, 3.05) is 0 Å². The number of aryl methyl sites for hydroxylation is 2. The average Bonchev–Trinajstić information content (AvgIpc) is 2.58. The zero-order valence-corrected chi connectivity index (χ0v) is 11.6. The molecule has 2 nitrogen and oxygen atoms in total. The first-order valence-electron chi connectivity index (χ1n) is 6.81. The lowest BCUT2D eigenvalue weighted by atomic mass is 9.92. The van der Waals surface area contributed by atoms with E-state index < -0.39 is 0 Å². The molecule has 0 radical (unpaired) electrons. The zero-order chi connectivity index (χ0) is 13.3. The van der Waals surface area contributed by atoms with Crippen molar-refractivity contribution < 1.29 is 4.39 Å². The first-order chi connectivity index (χ1) is 8.66. The molecule has 1 heterocycles. The lowest BCUT2D eigenvalue weighted by molar-refractivity contribution is 0.315. The summed E-state index contributed by atoms with van der Waals surface area (Å²) in [6.45, 7) is 7.79. The summed E-state index contributed by atoms with van der Waals surface area (Å²) >= 11 is 0. The van der Waals surface area contributed by atoms with Gasteiger partial charge in [-0.3, -0.25) is 0 Å². The number of imidazole rings is 1. The Bertz CT molecular complexity index is 553. The molecule has 0 aliphatic heterocycles. The summed E-state index contributed by atoms with van der Waals surface area (Å²) in [6, 6.07) is 4.00. The van der Waals surface area contributed by atoms with Crippen molar-refractivity contribution in [1.29, 1.82) is 0 Å². The summed E-state index contributed by atoms with van der Waals surface area (Å²) < 4.78 is 15.8. The van der Waals surface area contributed by atoms with Crippen molar-refractivity contribution in [2.45, 2.75) is 53.0 Å². The molecule has 98 valence electrons. The first-order valence-corrected chi connectivity index (χ1v) is 6.81. The maximum absolute atomic E-state index is 13.6. The Balaban J connectivity index is 0.000000574. The number of fused-ring (bicyclic) bond motifs is 1. The van der Waals surface area contributed by atoms with Gasteiger partial charge in [0.1, 0.15) is 11.6 Å². The molecule has 1 aliphatic carbocycles. The molecular formula is C15H21FN2. The van der Waals surface area contributed by atoms with Gasteiger partial charge < -0.3 is 4.57 Å². The third-order valence-electron chi connectivity index (χ3n) is 3.59. The number of nitrogens with zero attached hydrogens (tertiary/aromatic N) is 2. The van der Waals surface area contributed by atoms with Crippen molar-refractivity contribution in [3.05, 3.63) is 29.3 Å². The standard InChI is InChI=1S/C13H15FN2.C2H6/c1-8-6-12-13(7-11(8)14)16(9(2)15-12)10-4-3-5-10;1-2/h6-7,10H,3-5H2,1-2H3;1-2H3. The van der Waals surface area contributed by atoms with Crippen LogP contribution in [0.3, 0.4) is 0 Å². The van der Waals surface area contributed by atoms with Crippen LogP contribution in [0, 0.1) is 19.7 Å². The highest BCUT2D eigenvalue weighted by Crippen LogP contribution is 2.35. The lowest BCUT2D eigenvalue weighted by Crippen LogP contribution is -2.18. The largest absolute Gasteiger partial charge is 0.325 e. The van der Waals surface area contributed by atoms with Gasteiger partial charge >= 0.3 is 0 Å². The van der Waals surface area contributed by atoms with Gasteiger partial charge in [-0.25, -0.2) is 9.37 Å². The van der Waals surface area contributed by atoms with Gasteiger partial charge in [-0.15, -0.1) is 0 Å². The van der Waals surface area contributed by atoms with Crippen LogP contribution in [-0.2, 0) is 0 Å². The van der Waals surface area contributed by atoms with E-state index in [1.54, 1.807) is 13.0 Å². The molecule has 2 aromatic rings. The monoisotopic (exact) mass is 248 g/mol. The molecule has 0 N–H and O–H groups in total. The fraction of sp³-hybridized carbons (Fsp3) is 0.533. The number of halogens is 1. The van der Waals surface area contributed by atoms with Crippen LogP contribution < -0.4 is 0 Å². The SMILES string of the molecule is CC.Cc1cc2nc(C)n(C3CCC3)c2cc1F. The minimum atomic E-state index is -0.132. The molecule has 1 saturated carbocycles. The van der Waals surface area contributed by atoms with Gasteiger partial charge in [-0.2, -0.15) is 0 Å². The predicted molar refractivity (Wildman–Crippen MR) is 73.4 cm³/mol. The van der Waals surface area contributed by atoms with Crippen molar-refractivity contribution in [3.8, 4) is 0 Å². The second-order valence-electron chi connectivity index (χ2n) is 4.70. The summed E-state index contributed by atoms with van der Waals surface area (Å²) in [7, 11) is 0. The Morgan fingerprint density at radius 1 is 1.22 bits per heavy atom. The number of hydrogen-bond donors (Lipinski definition) is 0. The predicted octanol–water partition coefficient (Wildman–Crippen LogP) is 4.54. The van der Waals surface area contributed by atoms with Crippen molar-refractivity contribution in [1.82, 2.24) is 9.55 Å². The van der Waals surface area contributed by atoms with E-state index in [1.165, 1.54) is 19.3 Å². The molecule has 0 amide bonds. The van der Waals surface area contributed by atoms with Gasteiger partial charge in [-0.05, 0) is 44.7 Å². The Hall–Kier alpha value is -1.38. The van der Waals surface area contributed by atoms with Gasteiger partial charge in [0.25, 0.3) is 0 Å². The van der Waals surface area contributed by atoms with Gasteiger partial charge in [0.15, 0.2) is 0 Å². The molecule has 1 aliphatic rings.